The largest absolute Gasteiger partial charge is 0.481 e. The number of nitrogens with one attached hydrogen (secondary N) is 1. The molecule has 0 bridgehead atoms. The van der Waals surface area contributed by atoms with Gasteiger partial charge in [-0.15, -0.1) is 0 Å². The van der Waals surface area contributed by atoms with Gasteiger partial charge in [0.25, 0.3) is 15.0 Å². The SMILES string of the molecule is Cc1cc(S(=O)(=O)Cl)ccc1OC(C)C(=O)NC1CC1. The quantitative estimate of drug-likeness (QED) is 0.843. The minimum Gasteiger partial charge on any atom is -0.481 e. The molecule has 1 fully saturated rings. The first-order valence-corrected chi connectivity index (χ1v) is 8.60. The molecule has 0 aliphatic heterocycles. The summed E-state index contributed by atoms with van der Waals surface area (Å²) in [6.07, 6.45) is 1.40. The van der Waals surface area contributed by atoms with Crippen molar-refractivity contribution < 1.29 is 17.9 Å². The molecule has 1 unspecified atom stereocenters. The fraction of sp³-hybridized carbons (Fsp3) is 0.462. The van der Waals surface area contributed by atoms with E-state index in [1.807, 2.05) is 0 Å². The molecular formula is C13H16ClNO4S. The van der Waals surface area contributed by atoms with Crippen molar-refractivity contribution in [3.8, 4) is 5.75 Å². The third kappa shape index (κ3) is 3.86. The Morgan fingerprint density at radius 2 is 2.10 bits per heavy atom. The van der Waals surface area contributed by atoms with Gasteiger partial charge in [-0.1, -0.05) is 0 Å². The average Bonchev–Trinajstić information content (AvgIpc) is 3.14. The van der Waals surface area contributed by atoms with Crippen LogP contribution in [0.3, 0.4) is 0 Å². The van der Waals surface area contributed by atoms with Crippen LogP contribution in [0.4, 0.5) is 0 Å². The molecule has 1 aliphatic carbocycles. The molecule has 1 atom stereocenters. The Labute approximate surface area is 122 Å². The zero-order valence-corrected chi connectivity index (χ0v) is 12.8. The Morgan fingerprint density at radius 1 is 1.45 bits per heavy atom. The van der Waals surface area contributed by atoms with Crippen molar-refractivity contribution in [1.82, 2.24) is 5.32 Å². The minimum absolute atomic E-state index is 0.0131. The van der Waals surface area contributed by atoms with Crippen LogP contribution in [0.5, 0.6) is 5.75 Å². The van der Waals surface area contributed by atoms with Gasteiger partial charge in [0.2, 0.25) is 0 Å². The molecule has 0 saturated heterocycles. The van der Waals surface area contributed by atoms with E-state index < -0.39 is 15.2 Å². The van der Waals surface area contributed by atoms with Crippen molar-refractivity contribution in [3.05, 3.63) is 23.8 Å². The molecule has 1 N–H and O–H groups in total. The average molecular weight is 318 g/mol. The maximum atomic E-state index is 11.8. The zero-order valence-electron chi connectivity index (χ0n) is 11.2. The summed E-state index contributed by atoms with van der Waals surface area (Å²) >= 11 is 0. The van der Waals surface area contributed by atoms with E-state index in [2.05, 4.69) is 5.32 Å². The molecule has 0 radical (unpaired) electrons. The van der Waals surface area contributed by atoms with Crippen LogP contribution in [0, 0.1) is 6.92 Å². The second-order valence-electron chi connectivity index (χ2n) is 4.91. The van der Waals surface area contributed by atoms with Gasteiger partial charge in [-0.2, -0.15) is 0 Å². The number of halogens is 1. The van der Waals surface area contributed by atoms with Crippen LogP contribution in [-0.4, -0.2) is 26.5 Å². The molecule has 20 heavy (non-hydrogen) atoms. The van der Waals surface area contributed by atoms with Gasteiger partial charge in [0, 0.05) is 16.7 Å². The number of amides is 1. The predicted octanol–water partition coefficient (Wildman–Crippen LogP) is 1.97. The van der Waals surface area contributed by atoms with Crippen LogP contribution in [-0.2, 0) is 13.8 Å². The molecule has 1 aromatic rings. The van der Waals surface area contributed by atoms with Crippen molar-refractivity contribution in [2.45, 2.75) is 43.7 Å². The lowest BCUT2D eigenvalue weighted by Crippen LogP contribution is -2.37. The third-order valence-corrected chi connectivity index (χ3v) is 4.38. The summed E-state index contributed by atoms with van der Waals surface area (Å²) in [5.74, 6) is 0.299. The molecule has 0 aromatic heterocycles. The summed E-state index contributed by atoms with van der Waals surface area (Å²) in [4.78, 5) is 11.8. The number of hydrogen-bond acceptors (Lipinski definition) is 4. The lowest BCUT2D eigenvalue weighted by molar-refractivity contribution is -0.127. The minimum atomic E-state index is -3.76. The van der Waals surface area contributed by atoms with E-state index in [9.17, 15) is 13.2 Å². The molecule has 1 saturated carbocycles. The van der Waals surface area contributed by atoms with Crippen LogP contribution in [0.2, 0.25) is 0 Å². The standard InChI is InChI=1S/C13H16ClNO4S/c1-8-7-11(20(14,17)18)5-6-12(8)19-9(2)13(16)15-10-3-4-10/h5-7,9-10H,3-4H2,1-2H3,(H,15,16). The molecule has 1 amide bonds. The monoisotopic (exact) mass is 317 g/mol. The number of ether oxygens (including phenoxy) is 1. The summed E-state index contributed by atoms with van der Waals surface area (Å²) in [5, 5.41) is 2.85. The Hall–Kier alpha value is -1.27. The van der Waals surface area contributed by atoms with Crippen molar-refractivity contribution >= 4 is 25.6 Å². The maximum absolute atomic E-state index is 11.8. The topological polar surface area (TPSA) is 72.5 Å². The van der Waals surface area contributed by atoms with Gasteiger partial charge in [-0.05, 0) is 50.5 Å². The Balaban J connectivity index is 2.07. The van der Waals surface area contributed by atoms with E-state index >= 15 is 0 Å². The van der Waals surface area contributed by atoms with Gasteiger partial charge in [0.15, 0.2) is 6.10 Å². The number of hydrogen-bond donors (Lipinski definition) is 1. The Bertz CT molecular complexity index is 625. The summed E-state index contributed by atoms with van der Waals surface area (Å²) in [7, 11) is 1.51. The van der Waals surface area contributed by atoms with Gasteiger partial charge in [0.05, 0.1) is 4.90 Å². The summed E-state index contributed by atoms with van der Waals surface area (Å²) in [6.45, 7) is 3.36. The van der Waals surface area contributed by atoms with Gasteiger partial charge in [-0.3, -0.25) is 4.79 Å². The van der Waals surface area contributed by atoms with E-state index in [0.29, 0.717) is 11.3 Å². The summed E-state index contributed by atoms with van der Waals surface area (Å²) in [6, 6.07) is 4.56. The molecule has 0 heterocycles. The third-order valence-electron chi connectivity index (χ3n) is 3.02. The highest BCUT2D eigenvalue weighted by atomic mass is 35.7. The van der Waals surface area contributed by atoms with Crippen molar-refractivity contribution in [2.75, 3.05) is 0 Å². The second kappa shape index (κ2) is 5.61. The van der Waals surface area contributed by atoms with E-state index in [0.717, 1.165) is 12.8 Å². The Morgan fingerprint density at radius 3 is 2.60 bits per heavy atom. The van der Waals surface area contributed by atoms with E-state index in [1.165, 1.54) is 18.2 Å². The van der Waals surface area contributed by atoms with Crippen LogP contribution in [0.15, 0.2) is 23.1 Å². The fourth-order valence-corrected chi connectivity index (χ4v) is 2.53. The first-order chi connectivity index (χ1) is 9.27. The molecular weight excluding hydrogens is 302 g/mol. The van der Waals surface area contributed by atoms with Crippen LogP contribution in [0.1, 0.15) is 25.3 Å². The molecule has 0 spiro atoms. The van der Waals surface area contributed by atoms with Crippen molar-refractivity contribution in [3.63, 3.8) is 0 Å². The van der Waals surface area contributed by atoms with E-state index in [1.54, 1.807) is 13.8 Å². The Kier molecular flexibility index (Phi) is 4.25. The predicted molar refractivity (Wildman–Crippen MR) is 75.5 cm³/mol. The summed E-state index contributed by atoms with van der Waals surface area (Å²) < 4.78 is 28.0. The molecule has 2 rings (SSSR count). The molecule has 110 valence electrons. The van der Waals surface area contributed by atoms with Crippen molar-refractivity contribution in [1.29, 1.82) is 0 Å². The van der Waals surface area contributed by atoms with Gasteiger partial charge >= 0.3 is 0 Å². The maximum Gasteiger partial charge on any atom is 0.261 e. The normalized spacial score (nSPS) is 16.6. The summed E-state index contributed by atoms with van der Waals surface area (Å²) in [5.41, 5.74) is 0.609. The first-order valence-electron chi connectivity index (χ1n) is 6.29. The van der Waals surface area contributed by atoms with Gasteiger partial charge in [0.1, 0.15) is 5.75 Å². The molecule has 1 aliphatic rings. The number of rotatable bonds is 5. The molecule has 5 nitrogen and oxygen atoms in total. The fourth-order valence-electron chi connectivity index (χ4n) is 1.70. The van der Waals surface area contributed by atoms with Gasteiger partial charge < -0.3 is 10.1 Å². The number of carbonyl (C=O) groups excluding carboxylic acids is 1. The van der Waals surface area contributed by atoms with Crippen LogP contribution >= 0.6 is 10.7 Å². The zero-order chi connectivity index (χ0) is 14.9. The van der Waals surface area contributed by atoms with E-state index in [4.69, 9.17) is 15.4 Å². The van der Waals surface area contributed by atoms with Crippen LogP contribution in [0.25, 0.3) is 0 Å². The van der Waals surface area contributed by atoms with Crippen molar-refractivity contribution in [2.24, 2.45) is 0 Å². The number of benzene rings is 1. The van der Waals surface area contributed by atoms with Gasteiger partial charge in [-0.25, -0.2) is 8.42 Å². The number of aryl methyl sites for hydroxylation is 1. The second-order valence-corrected chi connectivity index (χ2v) is 7.47. The highest BCUT2D eigenvalue weighted by Gasteiger charge is 2.26. The lowest BCUT2D eigenvalue weighted by atomic mass is 10.2. The highest BCUT2D eigenvalue weighted by Crippen LogP contribution is 2.25. The van der Waals surface area contributed by atoms with E-state index in [-0.39, 0.29) is 16.8 Å². The highest BCUT2D eigenvalue weighted by molar-refractivity contribution is 8.13. The molecule has 1 aromatic carbocycles. The first kappa shape index (κ1) is 15.1. The lowest BCUT2D eigenvalue weighted by Gasteiger charge is -2.16. The molecule has 7 heteroatoms. The van der Waals surface area contributed by atoms with Crippen LogP contribution < -0.4 is 10.1 Å². The smallest absolute Gasteiger partial charge is 0.261 e. The number of carbonyl (C=O) groups is 1.